The van der Waals surface area contributed by atoms with E-state index < -0.39 is 5.54 Å². The molecule has 0 atom stereocenters. The maximum Gasteiger partial charge on any atom is 0.254 e. The van der Waals surface area contributed by atoms with Crippen molar-refractivity contribution in [1.82, 2.24) is 9.80 Å². The second kappa shape index (κ2) is 6.17. The molecule has 0 aromatic heterocycles. The number of nitrogens with zero attached hydrogens (tertiary/aromatic N) is 2. The molecule has 1 rings (SSSR count). The van der Waals surface area contributed by atoms with Crippen LogP contribution in [0.5, 0.6) is 0 Å². The molecule has 0 unspecified atom stereocenters. The molecule has 0 saturated heterocycles. The van der Waals surface area contributed by atoms with Gasteiger partial charge >= 0.3 is 0 Å². The largest absolute Gasteiger partial charge is 0.394 e. The van der Waals surface area contributed by atoms with Crippen molar-refractivity contribution in [3.05, 3.63) is 35.4 Å². The van der Waals surface area contributed by atoms with Gasteiger partial charge in [-0.15, -0.1) is 0 Å². The van der Waals surface area contributed by atoms with E-state index in [1.807, 2.05) is 52.2 Å². The van der Waals surface area contributed by atoms with E-state index in [4.69, 9.17) is 0 Å². The summed E-state index contributed by atoms with van der Waals surface area (Å²) < 4.78 is 0. The third kappa shape index (κ3) is 4.04. The zero-order valence-corrected chi connectivity index (χ0v) is 12.5. The molecule has 0 saturated carbocycles. The van der Waals surface area contributed by atoms with Crippen LogP contribution >= 0.6 is 0 Å². The highest BCUT2D eigenvalue weighted by atomic mass is 16.3. The van der Waals surface area contributed by atoms with Crippen molar-refractivity contribution < 1.29 is 9.90 Å². The molecule has 0 fully saturated rings. The van der Waals surface area contributed by atoms with Crippen molar-refractivity contribution in [3.63, 3.8) is 0 Å². The Hall–Kier alpha value is -1.39. The summed E-state index contributed by atoms with van der Waals surface area (Å²) in [6, 6.07) is 7.61. The second-order valence-electron chi connectivity index (χ2n) is 5.77. The summed E-state index contributed by atoms with van der Waals surface area (Å²) in [6.07, 6.45) is 0. The monoisotopic (exact) mass is 264 g/mol. The van der Waals surface area contributed by atoms with Gasteiger partial charge in [0.05, 0.1) is 12.1 Å². The van der Waals surface area contributed by atoms with Crippen molar-refractivity contribution in [2.45, 2.75) is 25.9 Å². The van der Waals surface area contributed by atoms with Crippen LogP contribution in [0.1, 0.15) is 29.8 Å². The summed E-state index contributed by atoms with van der Waals surface area (Å²) in [5.41, 5.74) is 1.26. The van der Waals surface area contributed by atoms with Crippen LogP contribution in [0.4, 0.5) is 0 Å². The van der Waals surface area contributed by atoms with Crippen LogP contribution in [0.25, 0.3) is 0 Å². The fraction of sp³-hybridized carbons (Fsp3) is 0.533. The van der Waals surface area contributed by atoms with Gasteiger partial charge in [-0.2, -0.15) is 0 Å². The highest BCUT2D eigenvalue weighted by Gasteiger charge is 2.27. The Morgan fingerprint density at radius 3 is 2.11 bits per heavy atom. The van der Waals surface area contributed by atoms with Gasteiger partial charge in [0.1, 0.15) is 0 Å². The van der Waals surface area contributed by atoms with Crippen molar-refractivity contribution in [2.75, 3.05) is 27.7 Å². The number of benzene rings is 1. The van der Waals surface area contributed by atoms with Crippen molar-refractivity contribution >= 4 is 5.91 Å². The van der Waals surface area contributed by atoms with Crippen LogP contribution < -0.4 is 0 Å². The molecule has 0 spiro atoms. The van der Waals surface area contributed by atoms with Gasteiger partial charge in [0.25, 0.3) is 5.91 Å². The summed E-state index contributed by atoms with van der Waals surface area (Å²) in [7, 11) is 5.74. The molecular formula is C15H24N2O2. The highest BCUT2D eigenvalue weighted by Crippen LogP contribution is 2.16. The molecule has 0 heterocycles. The van der Waals surface area contributed by atoms with Gasteiger partial charge in [0.15, 0.2) is 0 Å². The van der Waals surface area contributed by atoms with Crippen LogP contribution in [0.3, 0.4) is 0 Å². The Kier molecular flexibility index (Phi) is 5.09. The van der Waals surface area contributed by atoms with Gasteiger partial charge in [-0.05, 0) is 45.6 Å². The Labute approximate surface area is 115 Å². The van der Waals surface area contributed by atoms with E-state index in [9.17, 15) is 9.90 Å². The minimum absolute atomic E-state index is 0.0616. The molecule has 0 bridgehead atoms. The van der Waals surface area contributed by atoms with E-state index in [1.54, 1.807) is 11.9 Å². The van der Waals surface area contributed by atoms with E-state index in [0.29, 0.717) is 5.56 Å². The smallest absolute Gasteiger partial charge is 0.254 e. The maximum atomic E-state index is 12.3. The van der Waals surface area contributed by atoms with E-state index >= 15 is 0 Å². The molecule has 0 radical (unpaired) electrons. The second-order valence-corrected chi connectivity index (χ2v) is 5.77. The number of amides is 1. The third-order valence-corrected chi connectivity index (χ3v) is 3.30. The van der Waals surface area contributed by atoms with Gasteiger partial charge in [0.2, 0.25) is 0 Å². The van der Waals surface area contributed by atoms with Gasteiger partial charge in [-0.3, -0.25) is 4.79 Å². The Bertz CT molecular complexity index is 424. The zero-order chi connectivity index (χ0) is 14.6. The van der Waals surface area contributed by atoms with E-state index in [0.717, 1.165) is 6.54 Å². The number of hydrogen-bond acceptors (Lipinski definition) is 3. The highest BCUT2D eigenvalue weighted by molar-refractivity contribution is 5.94. The molecule has 1 N–H and O–H groups in total. The fourth-order valence-corrected chi connectivity index (χ4v) is 1.69. The van der Waals surface area contributed by atoms with Crippen LogP contribution in [0.2, 0.25) is 0 Å². The Balaban J connectivity index is 2.84. The number of likely N-dealkylation sites (N-methyl/N-ethyl adjacent to an activating group) is 1. The molecule has 4 heteroatoms. The average molecular weight is 264 g/mol. The standard InChI is InChI=1S/C15H24N2O2/c1-15(2,11-18)17(5)14(19)13-8-6-12(7-9-13)10-16(3)4/h6-9,18H,10-11H2,1-5H3. The van der Waals surface area contributed by atoms with E-state index in [-0.39, 0.29) is 12.5 Å². The van der Waals surface area contributed by atoms with E-state index in [2.05, 4.69) is 4.90 Å². The first-order chi connectivity index (χ1) is 8.77. The summed E-state index contributed by atoms with van der Waals surface area (Å²) in [5, 5.41) is 9.30. The normalized spacial score (nSPS) is 11.7. The molecule has 1 aromatic rings. The summed E-state index contributed by atoms with van der Waals surface area (Å²) in [5.74, 6) is -0.0737. The summed E-state index contributed by atoms with van der Waals surface area (Å²) in [4.78, 5) is 15.9. The Morgan fingerprint density at radius 2 is 1.68 bits per heavy atom. The number of carbonyl (C=O) groups is 1. The first-order valence-corrected chi connectivity index (χ1v) is 6.40. The molecule has 19 heavy (non-hydrogen) atoms. The lowest BCUT2D eigenvalue weighted by atomic mass is 10.0. The molecule has 0 aliphatic carbocycles. The Morgan fingerprint density at radius 1 is 1.16 bits per heavy atom. The minimum Gasteiger partial charge on any atom is -0.394 e. The first-order valence-electron chi connectivity index (χ1n) is 6.40. The van der Waals surface area contributed by atoms with Crippen LogP contribution in [-0.4, -0.2) is 54.1 Å². The molecule has 0 aliphatic rings. The third-order valence-electron chi connectivity index (χ3n) is 3.30. The average Bonchev–Trinajstić information content (AvgIpc) is 2.37. The fourth-order valence-electron chi connectivity index (χ4n) is 1.69. The number of aliphatic hydroxyl groups is 1. The van der Waals surface area contributed by atoms with Gasteiger partial charge in [-0.1, -0.05) is 12.1 Å². The lowest BCUT2D eigenvalue weighted by Gasteiger charge is -2.34. The van der Waals surface area contributed by atoms with Gasteiger partial charge in [0, 0.05) is 19.2 Å². The predicted octanol–water partition coefficient (Wildman–Crippen LogP) is 1.59. The van der Waals surface area contributed by atoms with Gasteiger partial charge in [-0.25, -0.2) is 0 Å². The lowest BCUT2D eigenvalue weighted by molar-refractivity contribution is 0.0473. The number of hydrogen-bond donors (Lipinski definition) is 1. The topological polar surface area (TPSA) is 43.8 Å². The molecule has 0 aliphatic heterocycles. The van der Waals surface area contributed by atoms with Crippen LogP contribution in [-0.2, 0) is 6.54 Å². The summed E-state index contributed by atoms with van der Waals surface area (Å²) in [6.45, 7) is 4.47. The molecule has 106 valence electrons. The number of carbonyl (C=O) groups excluding carboxylic acids is 1. The van der Waals surface area contributed by atoms with Crippen LogP contribution in [0.15, 0.2) is 24.3 Å². The zero-order valence-electron chi connectivity index (χ0n) is 12.5. The molecular weight excluding hydrogens is 240 g/mol. The van der Waals surface area contributed by atoms with E-state index in [1.165, 1.54) is 5.56 Å². The molecule has 1 amide bonds. The lowest BCUT2D eigenvalue weighted by Crippen LogP contribution is -2.47. The van der Waals surface area contributed by atoms with Crippen molar-refractivity contribution in [3.8, 4) is 0 Å². The number of rotatable bonds is 5. The van der Waals surface area contributed by atoms with Gasteiger partial charge < -0.3 is 14.9 Å². The maximum absolute atomic E-state index is 12.3. The van der Waals surface area contributed by atoms with Crippen molar-refractivity contribution in [1.29, 1.82) is 0 Å². The number of aliphatic hydroxyl groups excluding tert-OH is 1. The first kappa shape index (κ1) is 15.7. The predicted molar refractivity (Wildman–Crippen MR) is 77.1 cm³/mol. The summed E-state index contributed by atoms with van der Waals surface area (Å²) >= 11 is 0. The quantitative estimate of drug-likeness (QED) is 0.878. The SMILES string of the molecule is CN(C)Cc1ccc(C(=O)N(C)C(C)(C)CO)cc1. The minimum atomic E-state index is -0.556. The van der Waals surface area contributed by atoms with Crippen molar-refractivity contribution in [2.24, 2.45) is 0 Å². The molecule has 1 aromatic carbocycles. The molecule has 4 nitrogen and oxygen atoms in total. The van der Waals surface area contributed by atoms with Crippen LogP contribution in [0, 0.1) is 0 Å².